The summed E-state index contributed by atoms with van der Waals surface area (Å²) in [6.45, 7) is 14.2. The van der Waals surface area contributed by atoms with Gasteiger partial charge in [0, 0.05) is 11.6 Å². The lowest BCUT2D eigenvalue weighted by molar-refractivity contribution is 0.391. The smallest absolute Gasteiger partial charge is 0.125 e. The van der Waals surface area contributed by atoms with Crippen LogP contribution in [0.3, 0.4) is 0 Å². The molecule has 0 saturated heterocycles. The van der Waals surface area contributed by atoms with E-state index in [1.165, 1.54) is 16.7 Å². The van der Waals surface area contributed by atoms with Gasteiger partial charge in [0.05, 0.1) is 7.11 Å². The molecule has 2 heteroatoms. The highest BCUT2D eigenvalue weighted by molar-refractivity contribution is 5.48. The van der Waals surface area contributed by atoms with Crippen LogP contribution in [0.4, 0.5) is 0 Å². The Morgan fingerprint density at radius 1 is 1.21 bits per heavy atom. The van der Waals surface area contributed by atoms with Gasteiger partial charge in [0.25, 0.3) is 0 Å². The first-order valence-corrected chi connectivity index (χ1v) is 7.17. The van der Waals surface area contributed by atoms with Crippen molar-refractivity contribution < 1.29 is 4.74 Å². The number of ether oxygens (including phenoxy) is 1. The van der Waals surface area contributed by atoms with Gasteiger partial charge >= 0.3 is 0 Å². The van der Waals surface area contributed by atoms with Crippen LogP contribution < -0.4 is 10.1 Å². The minimum absolute atomic E-state index is 0.109. The fourth-order valence-electron chi connectivity index (χ4n) is 2.33. The summed E-state index contributed by atoms with van der Waals surface area (Å²) < 4.78 is 5.69. The fraction of sp³-hybridized carbons (Fsp3) is 0.647. The maximum atomic E-state index is 5.69. The number of rotatable bonds is 5. The first-order valence-electron chi connectivity index (χ1n) is 7.17. The van der Waals surface area contributed by atoms with E-state index < -0.39 is 0 Å². The van der Waals surface area contributed by atoms with Crippen LogP contribution in [0.15, 0.2) is 12.1 Å². The van der Waals surface area contributed by atoms with Gasteiger partial charge in [-0.2, -0.15) is 0 Å². The van der Waals surface area contributed by atoms with Gasteiger partial charge in [0.1, 0.15) is 5.75 Å². The summed E-state index contributed by atoms with van der Waals surface area (Å²) >= 11 is 0. The highest BCUT2D eigenvalue weighted by Gasteiger charge is 2.21. The minimum Gasteiger partial charge on any atom is -0.496 e. The molecule has 0 fully saturated rings. The van der Waals surface area contributed by atoms with Crippen molar-refractivity contribution in [2.45, 2.75) is 59.4 Å². The van der Waals surface area contributed by atoms with Crippen LogP contribution in [0.25, 0.3) is 0 Å². The van der Waals surface area contributed by atoms with E-state index in [0.717, 1.165) is 18.7 Å². The molecule has 0 unspecified atom stereocenters. The van der Waals surface area contributed by atoms with Crippen molar-refractivity contribution in [3.05, 3.63) is 28.8 Å². The highest BCUT2D eigenvalue weighted by Crippen LogP contribution is 2.35. The summed E-state index contributed by atoms with van der Waals surface area (Å²) in [7, 11) is 1.78. The van der Waals surface area contributed by atoms with Crippen molar-refractivity contribution in [2.24, 2.45) is 0 Å². The topological polar surface area (TPSA) is 21.3 Å². The van der Waals surface area contributed by atoms with Gasteiger partial charge in [-0.1, -0.05) is 52.3 Å². The van der Waals surface area contributed by atoms with Crippen molar-refractivity contribution in [1.82, 2.24) is 5.32 Å². The Labute approximate surface area is 118 Å². The summed E-state index contributed by atoms with van der Waals surface area (Å²) in [5.74, 6) is 1.06. The third-order valence-electron chi connectivity index (χ3n) is 3.27. The Bertz CT molecular complexity index is 416. The fourth-order valence-corrected chi connectivity index (χ4v) is 2.33. The normalized spacial score (nSPS) is 12.0. The summed E-state index contributed by atoms with van der Waals surface area (Å²) in [5, 5.41) is 3.47. The third-order valence-corrected chi connectivity index (χ3v) is 3.27. The zero-order valence-electron chi connectivity index (χ0n) is 13.6. The lowest BCUT2D eigenvalue weighted by Crippen LogP contribution is -2.25. The molecule has 0 amide bonds. The van der Waals surface area contributed by atoms with Gasteiger partial charge < -0.3 is 10.1 Å². The number of nitrogens with one attached hydrogen (secondary N) is 1. The van der Waals surface area contributed by atoms with Gasteiger partial charge in [-0.25, -0.2) is 0 Å². The first kappa shape index (κ1) is 16.0. The Balaban J connectivity index is 3.06. The van der Waals surface area contributed by atoms with Crippen LogP contribution >= 0.6 is 0 Å². The first-order chi connectivity index (χ1) is 8.75. The molecule has 1 aromatic rings. The predicted molar refractivity (Wildman–Crippen MR) is 83.3 cm³/mol. The molecule has 108 valence electrons. The summed E-state index contributed by atoms with van der Waals surface area (Å²) in [4.78, 5) is 0. The Hall–Kier alpha value is -1.02. The predicted octanol–water partition coefficient (Wildman–Crippen LogP) is 3.84. The molecule has 0 spiro atoms. The molecule has 0 heterocycles. The molecule has 0 atom stereocenters. The average Bonchev–Trinajstić information content (AvgIpc) is 2.26. The molecule has 0 radical (unpaired) electrons. The molecule has 0 saturated carbocycles. The summed E-state index contributed by atoms with van der Waals surface area (Å²) in [5.41, 5.74) is 4.03. The number of hydrogen-bond acceptors (Lipinski definition) is 2. The van der Waals surface area contributed by atoms with Crippen molar-refractivity contribution in [3.63, 3.8) is 0 Å². The Morgan fingerprint density at radius 2 is 1.84 bits per heavy atom. The lowest BCUT2D eigenvalue weighted by Gasteiger charge is -2.25. The van der Waals surface area contributed by atoms with Gasteiger partial charge in [-0.3, -0.25) is 0 Å². The standard InChI is InChI=1S/C17H29NO/c1-12(2)18-9-8-14-10-13(3)11-15(16(14)19-7)17(4,5)6/h10-12,18H,8-9H2,1-7H3. The van der Waals surface area contributed by atoms with E-state index in [9.17, 15) is 0 Å². The third kappa shape index (κ3) is 4.54. The van der Waals surface area contributed by atoms with Crippen LogP contribution in [-0.2, 0) is 11.8 Å². The van der Waals surface area contributed by atoms with E-state index in [4.69, 9.17) is 4.74 Å². The molecule has 0 aliphatic heterocycles. The zero-order valence-corrected chi connectivity index (χ0v) is 13.6. The second-order valence-corrected chi connectivity index (χ2v) is 6.61. The average molecular weight is 263 g/mol. The number of hydrogen-bond donors (Lipinski definition) is 1. The van der Waals surface area contributed by atoms with Gasteiger partial charge in [0.2, 0.25) is 0 Å². The molecule has 0 aliphatic carbocycles. The van der Waals surface area contributed by atoms with Gasteiger partial charge in [-0.15, -0.1) is 0 Å². The second kappa shape index (κ2) is 6.42. The molecule has 0 aliphatic rings. The van der Waals surface area contributed by atoms with Crippen molar-refractivity contribution in [2.75, 3.05) is 13.7 Å². The SMILES string of the molecule is COc1c(CCNC(C)C)cc(C)cc1C(C)(C)C. The maximum absolute atomic E-state index is 5.69. The van der Waals surface area contributed by atoms with Crippen LogP contribution in [0.2, 0.25) is 0 Å². The van der Waals surface area contributed by atoms with Crippen LogP contribution in [0, 0.1) is 6.92 Å². The highest BCUT2D eigenvalue weighted by atomic mass is 16.5. The van der Waals surface area contributed by atoms with E-state index in [-0.39, 0.29) is 5.41 Å². The van der Waals surface area contributed by atoms with Crippen molar-refractivity contribution >= 4 is 0 Å². The number of aryl methyl sites for hydroxylation is 1. The van der Waals surface area contributed by atoms with Crippen LogP contribution in [-0.4, -0.2) is 19.7 Å². The Kier molecular flexibility index (Phi) is 5.42. The summed E-state index contributed by atoms with van der Waals surface area (Å²) in [6, 6.07) is 5.02. The zero-order chi connectivity index (χ0) is 14.6. The molecular formula is C17H29NO. The molecular weight excluding hydrogens is 234 g/mol. The van der Waals surface area contributed by atoms with E-state index in [1.807, 2.05) is 0 Å². The molecule has 1 aromatic carbocycles. The van der Waals surface area contributed by atoms with Crippen LogP contribution in [0.5, 0.6) is 5.75 Å². The molecule has 1 N–H and O–H groups in total. The largest absolute Gasteiger partial charge is 0.496 e. The second-order valence-electron chi connectivity index (χ2n) is 6.61. The maximum Gasteiger partial charge on any atom is 0.125 e. The molecule has 2 nitrogen and oxygen atoms in total. The molecule has 19 heavy (non-hydrogen) atoms. The van der Waals surface area contributed by atoms with Gasteiger partial charge in [-0.05, 0) is 30.9 Å². The molecule has 0 aromatic heterocycles. The summed E-state index contributed by atoms with van der Waals surface area (Å²) in [6.07, 6.45) is 1.01. The molecule has 1 rings (SSSR count). The van der Waals surface area contributed by atoms with E-state index in [2.05, 4.69) is 59.0 Å². The van der Waals surface area contributed by atoms with E-state index >= 15 is 0 Å². The molecule has 0 bridgehead atoms. The quantitative estimate of drug-likeness (QED) is 0.871. The number of benzene rings is 1. The monoisotopic (exact) mass is 263 g/mol. The van der Waals surface area contributed by atoms with E-state index in [1.54, 1.807) is 7.11 Å². The van der Waals surface area contributed by atoms with Gasteiger partial charge in [0.15, 0.2) is 0 Å². The van der Waals surface area contributed by atoms with Crippen molar-refractivity contribution in [1.29, 1.82) is 0 Å². The van der Waals surface area contributed by atoms with Crippen molar-refractivity contribution in [3.8, 4) is 5.75 Å². The van der Waals surface area contributed by atoms with Crippen LogP contribution in [0.1, 0.15) is 51.3 Å². The Morgan fingerprint density at radius 3 is 2.32 bits per heavy atom. The lowest BCUT2D eigenvalue weighted by atomic mass is 9.83. The van der Waals surface area contributed by atoms with E-state index in [0.29, 0.717) is 6.04 Å². The number of methoxy groups -OCH3 is 1. The minimum atomic E-state index is 0.109.